The third-order valence-electron chi connectivity index (χ3n) is 4.50. The molecule has 0 bridgehead atoms. The van der Waals surface area contributed by atoms with E-state index in [-0.39, 0.29) is 0 Å². The summed E-state index contributed by atoms with van der Waals surface area (Å²) in [5.74, 6) is 0.507. The van der Waals surface area contributed by atoms with Gasteiger partial charge < -0.3 is 10.4 Å². The van der Waals surface area contributed by atoms with E-state index in [1.807, 2.05) is 19.1 Å². The normalized spacial score (nSPS) is 26.4. The summed E-state index contributed by atoms with van der Waals surface area (Å²) in [6.45, 7) is 6.42. The second-order valence-corrected chi connectivity index (χ2v) is 5.71. The van der Waals surface area contributed by atoms with Gasteiger partial charge in [-0.25, -0.2) is 4.79 Å². The number of aryl methyl sites for hydroxylation is 1. The zero-order chi connectivity index (χ0) is 14.0. The van der Waals surface area contributed by atoms with Crippen molar-refractivity contribution in [3.8, 4) is 0 Å². The first-order chi connectivity index (χ1) is 9.02. The van der Waals surface area contributed by atoms with Crippen molar-refractivity contribution in [1.29, 1.82) is 0 Å². The van der Waals surface area contributed by atoms with Gasteiger partial charge in [-0.05, 0) is 43.7 Å². The molecule has 3 atom stereocenters. The van der Waals surface area contributed by atoms with E-state index in [1.165, 1.54) is 12.8 Å². The lowest BCUT2D eigenvalue weighted by Gasteiger charge is -2.23. The van der Waals surface area contributed by atoms with E-state index >= 15 is 0 Å². The lowest BCUT2D eigenvalue weighted by atomic mass is 9.93. The summed E-state index contributed by atoms with van der Waals surface area (Å²) in [5, 5.41) is 12.7. The van der Waals surface area contributed by atoms with Crippen molar-refractivity contribution in [3.63, 3.8) is 0 Å². The van der Waals surface area contributed by atoms with Gasteiger partial charge in [-0.1, -0.05) is 31.9 Å². The molecule has 3 nitrogen and oxygen atoms in total. The summed E-state index contributed by atoms with van der Waals surface area (Å²) >= 11 is 0. The van der Waals surface area contributed by atoms with Gasteiger partial charge in [-0.15, -0.1) is 0 Å². The molecule has 104 valence electrons. The monoisotopic (exact) mass is 261 g/mol. The molecule has 0 aromatic heterocycles. The summed E-state index contributed by atoms with van der Waals surface area (Å²) in [4.78, 5) is 11.3. The molecular formula is C16H23NO2. The van der Waals surface area contributed by atoms with Crippen LogP contribution in [0.4, 0.5) is 5.69 Å². The van der Waals surface area contributed by atoms with Crippen LogP contribution in [0.1, 0.15) is 49.0 Å². The minimum Gasteiger partial charge on any atom is -0.478 e. The lowest BCUT2D eigenvalue weighted by Crippen LogP contribution is -2.25. The molecule has 3 unspecified atom stereocenters. The number of aromatic carboxylic acids is 1. The minimum atomic E-state index is -0.858. The average Bonchev–Trinajstić information content (AvgIpc) is 2.72. The van der Waals surface area contributed by atoms with Crippen LogP contribution >= 0.6 is 0 Å². The fourth-order valence-corrected chi connectivity index (χ4v) is 3.19. The maximum absolute atomic E-state index is 11.3. The van der Waals surface area contributed by atoms with Crippen molar-refractivity contribution in [2.75, 3.05) is 5.32 Å². The van der Waals surface area contributed by atoms with E-state index in [2.05, 4.69) is 19.2 Å². The van der Waals surface area contributed by atoms with Crippen molar-refractivity contribution in [3.05, 3.63) is 29.3 Å². The first kappa shape index (κ1) is 13.9. The van der Waals surface area contributed by atoms with Gasteiger partial charge in [0.25, 0.3) is 0 Å². The highest BCUT2D eigenvalue weighted by molar-refractivity contribution is 5.94. The molecule has 1 aromatic rings. The van der Waals surface area contributed by atoms with Gasteiger partial charge in [0.2, 0.25) is 0 Å². The predicted molar refractivity (Wildman–Crippen MR) is 77.7 cm³/mol. The van der Waals surface area contributed by atoms with Crippen LogP contribution in [0, 0.1) is 18.8 Å². The number of hydrogen-bond acceptors (Lipinski definition) is 2. The first-order valence-corrected chi connectivity index (χ1v) is 7.13. The molecular weight excluding hydrogens is 238 g/mol. The van der Waals surface area contributed by atoms with Gasteiger partial charge in [-0.3, -0.25) is 0 Å². The molecule has 1 saturated carbocycles. The van der Waals surface area contributed by atoms with Crippen LogP contribution in [0.15, 0.2) is 18.2 Å². The van der Waals surface area contributed by atoms with Crippen molar-refractivity contribution in [2.45, 2.75) is 46.1 Å². The topological polar surface area (TPSA) is 49.3 Å². The molecule has 1 fully saturated rings. The minimum absolute atomic E-state index is 0.382. The Labute approximate surface area is 115 Å². The van der Waals surface area contributed by atoms with Gasteiger partial charge in [0.05, 0.1) is 5.56 Å². The fraction of sp³-hybridized carbons (Fsp3) is 0.562. The highest BCUT2D eigenvalue weighted by Crippen LogP contribution is 2.36. The van der Waals surface area contributed by atoms with E-state index < -0.39 is 5.97 Å². The standard InChI is InChI=1S/C16H23NO2/c1-4-12-6-8-14(11(12)3)17-15-7-5-10(2)9-13(15)16(18)19/h5,7,9,11-12,14,17H,4,6,8H2,1-3H3,(H,18,19). The van der Waals surface area contributed by atoms with Crippen LogP contribution in [0.25, 0.3) is 0 Å². The molecule has 1 aliphatic rings. The third-order valence-corrected chi connectivity index (χ3v) is 4.50. The molecule has 3 heteroatoms. The number of carbonyl (C=O) groups is 1. The van der Waals surface area contributed by atoms with Gasteiger partial charge in [0, 0.05) is 11.7 Å². The predicted octanol–water partition coefficient (Wildman–Crippen LogP) is 3.93. The fourth-order valence-electron chi connectivity index (χ4n) is 3.19. The molecule has 19 heavy (non-hydrogen) atoms. The van der Waals surface area contributed by atoms with Crippen LogP contribution in [-0.2, 0) is 0 Å². The SMILES string of the molecule is CCC1CCC(Nc2ccc(C)cc2C(=O)O)C1C. The number of carboxylic acid groups (broad SMARTS) is 1. The Hall–Kier alpha value is -1.51. The molecule has 0 radical (unpaired) electrons. The van der Waals surface area contributed by atoms with Gasteiger partial charge in [-0.2, -0.15) is 0 Å². The number of hydrogen-bond donors (Lipinski definition) is 2. The maximum Gasteiger partial charge on any atom is 0.337 e. The molecule has 0 heterocycles. The van der Waals surface area contributed by atoms with Gasteiger partial charge in [0.1, 0.15) is 0 Å². The van der Waals surface area contributed by atoms with E-state index in [0.29, 0.717) is 17.5 Å². The van der Waals surface area contributed by atoms with Gasteiger partial charge in [0.15, 0.2) is 0 Å². The van der Waals surface area contributed by atoms with Crippen LogP contribution in [0.5, 0.6) is 0 Å². The maximum atomic E-state index is 11.3. The Morgan fingerprint density at radius 2 is 2.16 bits per heavy atom. The van der Waals surface area contributed by atoms with Crippen molar-refractivity contribution in [2.24, 2.45) is 11.8 Å². The van der Waals surface area contributed by atoms with Crippen molar-refractivity contribution >= 4 is 11.7 Å². The summed E-state index contributed by atoms with van der Waals surface area (Å²) in [6, 6.07) is 5.99. The smallest absolute Gasteiger partial charge is 0.337 e. The number of benzene rings is 1. The summed E-state index contributed by atoms with van der Waals surface area (Å²) in [5.41, 5.74) is 2.12. The molecule has 2 N–H and O–H groups in total. The summed E-state index contributed by atoms with van der Waals surface area (Å²) < 4.78 is 0. The Balaban J connectivity index is 2.18. The number of carboxylic acids is 1. The largest absolute Gasteiger partial charge is 0.478 e. The Morgan fingerprint density at radius 1 is 1.42 bits per heavy atom. The van der Waals surface area contributed by atoms with Crippen LogP contribution in [0.2, 0.25) is 0 Å². The van der Waals surface area contributed by atoms with Crippen LogP contribution in [-0.4, -0.2) is 17.1 Å². The Morgan fingerprint density at radius 3 is 2.74 bits per heavy atom. The van der Waals surface area contributed by atoms with Gasteiger partial charge >= 0.3 is 5.97 Å². The molecule has 0 aliphatic heterocycles. The molecule has 2 rings (SSSR count). The number of nitrogens with one attached hydrogen (secondary N) is 1. The van der Waals surface area contributed by atoms with Crippen molar-refractivity contribution in [1.82, 2.24) is 0 Å². The molecule has 0 saturated heterocycles. The summed E-state index contributed by atoms with van der Waals surface area (Å²) in [7, 11) is 0. The second kappa shape index (κ2) is 5.64. The number of rotatable bonds is 4. The number of anilines is 1. The van der Waals surface area contributed by atoms with Crippen LogP contribution < -0.4 is 5.32 Å². The van der Waals surface area contributed by atoms with E-state index in [9.17, 15) is 9.90 Å². The van der Waals surface area contributed by atoms with Crippen LogP contribution in [0.3, 0.4) is 0 Å². The molecule has 0 spiro atoms. The van der Waals surface area contributed by atoms with E-state index in [4.69, 9.17) is 0 Å². The third kappa shape index (κ3) is 2.91. The lowest BCUT2D eigenvalue weighted by molar-refractivity contribution is 0.0697. The average molecular weight is 261 g/mol. The Kier molecular flexibility index (Phi) is 4.13. The molecule has 1 aromatic carbocycles. The highest BCUT2D eigenvalue weighted by Gasteiger charge is 2.31. The second-order valence-electron chi connectivity index (χ2n) is 5.71. The van der Waals surface area contributed by atoms with Crippen molar-refractivity contribution < 1.29 is 9.90 Å². The van der Waals surface area contributed by atoms with E-state index in [0.717, 1.165) is 23.6 Å². The molecule has 0 amide bonds. The van der Waals surface area contributed by atoms with E-state index in [1.54, 1.807) is 6.07 Å². The highest BCUT2D eigenvalue weighted by atomic mass is 16.4. The quantitative estimate of drug-likeness (QED) is 0.863. The zero-order valence-electron chi connectivity index (χ0n) is 11.9. The summed E-state index contributed by atoms with van der Waals surface area (Å²) in [6.07, 6.45) is 3.58. The Bertz CT molecular complexity index is 470. The first-order valence-electron chi connectivity index (χ1n) is 7.13. The molecule has 1 aliphatic carbocycles. The zero-order valence-corrected chi connectivity index (χ0v) is 11.9.